The number of likely N-dealkylation sites (N-methyl/N-ethyl adjacent to an activating group) is 1. The van der Waals surface area contributed by atoms with Crippen molar-refractivity contribution in [2.24, 2.45) is 0 Å². The summed E-state index contributed by atoms with van der Waals surface area (Å²) in [5, 5.41) is 3.67. The van der Waals surface area contributed by atoms with Crippen molar-refractivity contribution in [2.75, 3.05) is 19.3 Å². The zero-order valence-corrected chi connectivity index (χ0v) is 13.1. The van der Waals surface area contributed by atoms with Crippen LogP contribution < -0.4 is 5.32 Å². The molecule has 1 amide bonds. The SMILES string of the molecule is CCS[C@H]1CC[C@H](N(C)CC(=O)NCc2ccco2)C1. The maximum Gasteiger partial charge on any atom is 0.234 e. The number of rotatable bonds is 7. The van der Waals surface area contributed by atoms with Crippen molar-refractivity contribution in [3.05, 3.63) is 24.2 Å². The fourth-order valence-electron chi connectivity index (χ4n) is 2.72. The van der Waals surface area contributed by atoms with Gasteiger partial charge in [-0.1, -0.05) is 6.92 Å². The summed E-state index contributed by atoms with van der Waals surface area (Å²) in [6, 6.07) is 4.25. The van der Waals surface area contributed by atoms with Crippen molar-refractivity contribution in [2.45, 2.75) is 44.0 Å². The van der Waals surface area contributed by atoms with Gasteiger partial charge in [0.15, 0.2) is 0 Å². The number of nitrogens with one attached hydrogen (secondary N) is 1. The van der Waals surface area contributed by atoms with Crippen LogP contribution in [0.5, 0.6) is 0 Å². The molecule has 0 radical (unpaired) electrons. The zero-order valence-electron chi connectivity index (χ0n) is 12.3. The topological polar surface area (TPSA) is 45.5 Å². The average molecular weight is 296 g/mol. The highest BCUT2D eigenvalue weighted by atomic mass is 32.2. The van der Waals surface area contributed by atoms with E-state index in [1.807, 2.05) is 23.9 Å². The third-order valence-electron chi connectivity index (χ3n) is 3.82. The Bertz CT molecular complexity index is 408. The lowest BCUT2D eigenvalue weighted by Crippen LogP contribution is -2.39. The molecule has 5 heteroatoms. The van der Waals surface area contributed by atoms with E-state index < -0.39 is 0 Å². The van der Waals surface area contributed by atoms with E-state index in [1.54, 1.807) is 6.26 Å². The number of furan rings is 1. The second kappa shape index (κ2) is 7.74. The van der Waals surface area contributed by atoms with Crippen molar-refractivity contribution in [3.8, 4) is 0 Å². The number of hydrogen-bond donors (Lipinski definition) is 1. The van der Waals surface area contributed by atoms with Crippen LogP contribution in [-0.2, 0) is 11.3 Å². The predicted octanol–water partition coefficient (Wildman–Crippen LogP) is 2.50. The average Bonchev–Trinajstić information content (AvgIpc) is 3.08. The second-order valence-corrected chi connectivity index (χ2v) is 6.89. The summed E-state index contributed by atoms with van der Waals surface area (Å²) >= 11 is 2.05. The Morgan fingerprint density at radius 1 is 1.55 bits per heavy atom. The molecule has 0 aromatic carbocycles. The van der Waals surface area contributed by atoms with Crippen molar-refractivity contribution >= 4 is 17.7 Å². The van der Waals surface area contributed by atoms with Crippen LogP contribution in [-0.4, -0.2) is 41.4 Å². The van der Waals surface area contributed by atoms with Crippen molar-refractivity contribution in [3.63, 3.8) is 0 Å². The Hall–Kier alpha value is -0.940. The van der Waals surface area contributed by atoms with E-state index in [2.05, 4.69) is 24.2 Å². The first-order valence-electron chi connectivity index (χ1n) is 7.30. The van der Waals surface area contributed by atoms with E-state index in [0.717, 1.165) is 11.0 Å². The van der Waals surface area contributed by atoms with Crippen LogP contribution in [0.3, 0.4) is 0 Å². The van der Waals surface area contributed by atoms with Gasteiger partial charge in [0.1, 0.15) is 5.76 Å². The quantitative estimate of drug-likeness (QED) is 0.840. The molecule has 2 atom stereocenters. The summed E-state index contributed by atoms with van der Waals surface area (Å²) in [4.78, 5) is 14.1. The number of nitrogens with zero attached hydrogens (tertiary/aromatic N) is 1. The zero-order chi connectivity index (χ0) is 14.4. The third kappa shape index (κ3) is 4.56. The standard InChI is InChI=1S/C15H24N2O2S/c1-3-20-14-7-6-12(9-14)17(2)11-15(18)16-10-13-5-4-8-19-13/h4-5,8,12,14H,3,6-7,9-11H2,1-2H3,(H,16,18)/t12-,14-/m0/s1. The van der Waals surface area contributed by atoms with Crippen LogP contribution in [0.4, 0.5) is 0 Å². The van der Waals surface area contributed by atoms with Crippen LogP contribution >= 0.6 is 11.8 Å². The highest BCUT2D eigenvalue weighted by molar-refractivity contribution is 7.99. The number of hydrogen-bond acceptors (Lipinski definition) is 4. The molecule has 0 bridgehead atoms. The lowest BCUT2D eigenvalue weighted by Gasteiger charge is -2.23. The molecule has 2 rings (SSSR count). The molecule has 0 saturated heterocycles. The Balaban J connectivity index is 1.68. The van der Waals surface area contributed by atoms with Gasteiger partial charge in [-0.2, -0.15) is 11.8 Å². The monoisotopic (exact) mass is 296 g/mol. The first-order chi connectivity index (χ1) is 9.69. The molecule has 20 heavy (non-hydrogen) atoms. The molecule has 0 spiro atoms. The minimum absolute atomic E-state index is 0.0653. The summed E-state index contributed by atoms with van der Waals surface area (Å²) < 4.78 is 5.20. The minimum atomic E-state index is 0.0653. The maximum absolute atomic E-state index is 11.9. The largest absolute Gasteiger partial charge is 0.467 e. The fourth-order valence-corrected chi connectivity index (χ4v) is 3.85. The van der Waals surface area contributed by atoms with Gasteiger partial charge < -0.3 is 9.73 Å². The Morgan fingerprint density at radius 3 is 3.10 bits per heavy atom. The Kier molecular flexibility index (Phi) is 5.98. The molecular formula is C15H24N2O2S. The number of carbonyl (C=O) groups excluding carboxylic acids is 1. The van der Waals surface area contributed by atoms with E-state index in [4.69, 9.17) is 4.42 Å². The molecule has 1 aliphatic carbocycles. The summed E-state index contributed by atoms with van der Waals surface area (Å²) in [6.07, 6.45) is 5.32. The van der Waals surface area contributed by atoms with Crippen molar-refractivity contribution < 1.29 is 9.21 Å². The Labute approximate surface area is 125 Å². The predicted molar refractivity (Wildman–Crippen MR) is 82.7 cm³/mol. The molecule has 1 N–H and O–H groups in total. The highest BCUT2D eigenvalue weighted by Crippen LogP contribution is 2.31. The van der Waals surface area contributed by atoms with Gasteiger partial charge in [-0.15, -0.1) is 0 Å². The van der Waals surface area contributed by atoms with Crippen molar-refractivity contribution in [1.82, 2.24) is 10.2 Å². The van der Waals surface area contributed by atoms with Crippen molar-refractivity contribution in [1.29, 1.82) is 0 Å². The van der Waals surface area contributed by atoms with Gasteiger partial charge in [-0.05, 0) is 44.2 Å². The van der Waals surface area contributed by atoms with Gasteiger partial charge in [0.05, 0.1) is 19.4 Å². The third-order valence-corrected chi connectivity index (χ3v) is 5.05. The molecule has 1 saturated carbocycles. The molecule has 1 fully saturated rings. The summed E-state index contributed by atoms with van der Waals surface area (Å²) in [5.74, 6) is 2.04. The molecule has 1 aromatic heterocycles. The molecule has 0 unspecified atom stereocenters. The number of amides is 1. The van der Waals surface area contributed by atoms with Gasteiger partial charge in [-0.25, -0.2) is 0 Å². The lowest BCUT2D eigenvalue weighted by atomic mass is 10.2. The van der Waals surface area contributed by atoms with E-state index >= 15 is 0 Å². The first-order valence-corrected chi connectivity index (χ1v) is 8.34. The van der Waals surface area contributed by atoms with Gasteiger partial charge in [0.2, 0.25) is 5.91 Å². The van der Waals surface area contributed by atoms with Gasteiger partial charge in [-0.3, -0.25) is 9.69 Å². The molecule has 4 nitrogen and oxygen atoms in total. The van der Waals surface area contributed by atoms with E-state index in [0.29, 0.717) is 19.1 Å². The number of carbonyl (C=O) groups is 1. The van der Waals surface area contributed by atoms with E-state index in [-0.39, 0.29) is 5.91 Å². The molecular weight excluding hydrogens is 272 g/mol. The second-order valence-electron chi connectivity index (χ2n) is 5.32. The first kappa shape index (κ1) is 15.4. The molecule has 1 aromatic rings. The van der Waals surface area contributed by atoms with Gasteiger partial charge >= 0.3 is 0 Å². The summed E-state index contributed by atoms with van der Waals surface area (Å²) in [5.41, 5.74) is 0. The van der Waals surface area contributed by atoms with Crippen LogP contribution in [0.15, 0.2) is 22.8 Å². The fraction of sp³-hybridized carbons (Fsp3) is 0.667. The van der Waals surface area contributed by atoms with Crippen LogP contribution in [0, 0.1) is 0 Å². The van der Waals surface area contributed by atoms with Crippen LogP contribution in [0.1, 0.15) is 31.9 Å². The molecule has 1 aliphatic rings. The lowest BCUT2D eigenvalue weighted by molar-refractivity contribution is -0.122. The van der Waals surface area contributed by atoms with Crippen LogP contribution in [0.25, 0.3) is 0 Å². The van der Waals surface area contributed by atoms with Gasteiger partial charge in [0.25, 0.3) is 0 Å². The maximum atomic E-state index is 11.9. The Morgan fingerprint density at radius 2 is 2.40 bits per heavy atom. The number of thioether (sulfide) groups is 1. The minimum Gasteiger partial charge on any atom is -0.467 e. The highest BCUT2D eigenvalue weighted by Gasteiger charge is 2.28. The summed E-state index contributed by atoms with van der Waals surface area (Å²) in [7, 11) is 2.05. The molecule has 1 heterocycles. The van der Waals surface area contributed by atoms with Crippen LogP contribution in [0.2, 0.25) is 0 Å². The van der Waals surface area contributed by atoms with Gasteiger partial charge in [0, 0.05) is 11.3 Å². The smallest absolute Gasteiger partial charge is 0.234 e. The van der Waals surface area contributed by atoms with E-state index in [1.165, 1.54) is 25.0 Å². The molecule has 112 valence electrons. The van der Waals surface area contributed by atoms with E-state index in [9.17, 15) is 4.79 Å². The normalized spacial score (nSPS) is 22.4. The molecule has 0 aliphatic heterocycles. The summed E-state index contributed by atoms with van der Waals surface area (Å²) in [6.45, 7) is 3.15.